The standard InChI is InChI=1S/C25H32O4/c1-4-7-18(5-2)15-25(13-12-22(26)19(6-3)16-25)17-28-21-10-8-20-9-11-24(27)29-23(20)14-21/h5,8-11,14,19H,4,6-7,12-13,15-17H2,1-3H3/b18-5+/t19-,25+/m1/s1. The monoisotopic (exact) mass is 396 g/mol. The fourth-order valence-electron chi connectivity index (χ4n) is 4.55. The van der Waals surface area contributed by atoms with Crippen LogP contribution < -0.4 is 10.4 Å². The number of rotatable bonds is 8. The van der Waals surface area contributed by atoms with Crippen LogP contribution in [0.25, 0.3) is 11.0 Å². The Morgan fingerprint density at radius 3 is 2.76 bits per heavy atom. The molecule has 1 heterocycles. The van der Waals surface area contributed by atoms with E-state index in [0.717, 1.165) is 43.9 Å². The predicted octanol–water partition coefficient (Wildman–Crippen LogP) is 6.07. The molecule has 3 rings (SSSR count). The summed E-state index contributed by atoms with van der Waals surface area (Å²) in [6.45, 7) is 6.98. The zero-order chi connectivity index (χ0) is 20.9. The number of benzene rings is 1. The zero-order valence-corrected chi connectivity index (χ0v) is 17.8. The molecule has 156 valence electrons. The van der Waals surface area contributed by atoms with Gasteiger partial charge in [-0.1, -0.05) is 31.9 Å². The first-order valence-corrected chi connectivity index (χ1v) is 10.8. The summed E-state index contributed by atoms with van der Waals surface area (Å²) in [5, 5.41) is 0.875. The van der Waals surface area contributed by atoms with Crippen molar-refractivity contribution in [2.75, 3.05) is 6.61 Å². The Kier molecular flexibility index (Phi) is 6.94. The molecule has 1 aliphatic carbocycles. The summed E-state index contributed by atoms with van der Waals surface area (Å²) in [7, 11) is 0. The lowest BCUT2D eigenvalue weighted by atomic mass is 9.65. The first kappa shape index (κ1) is 21.4. The summed E-state index contributed by atoms with van der Waals surface area (Å²) in [5.41, 5.74) is 1.59. The van der Waals surface area contributed by atoms with Gasteiger partial charge in [0.1, 0.15) is 17.1 Å². The van der Waals surface area contributed by atoms with Gasteiger partial charge in [-0.25, -0.2) is 4.79 Å². The van der Waals surface area contributed by atoms with Gasteiger partial charge in [0.2, 0.25) is 0 Å². The summed E-state index contributed by atoms with van der Waals surface area (Å²) in [5.74, 6) is 1.23. The van der Waals surface area contributed by atoms with Crippen molar-refractivity contribution < 1.29 is 13.9 Å². The molecule has 0 bridgehead atoms. The highest BCUT2D eigenvalue weighted by molar-refractivity contribution is 5.82. The van der Waals surface area contributed by atoms with Crippen LogP contribution in [0.4, 0.5) is 0 Å². The molecule has 2 atom stereocenters. The van der Waals surface area contributed by atoms with Crippen molar-refractivity contribution in [3.8, 4) is 5.75 Å². The second-order valence-electron chi connectivity index (χ2n) is 8.39. The summed E-state index contributed by atoms with van der Waals surface area (Å²) in [4.78, 5) is 23.9. The van der Waals surface area contributed by atoms with E-state index < -0.39 is 0 Å². The lowest BCUT2D eigenvalue weighted by Crippen LogP contribution is -2.38. The van der Waals surface area contributed by atoms with E-state index in [1.807, 2.05) is 12.1 Å². The summed E-state index contributed by atoms with van der Waals surface area (Å²) < 4.78 is 11.5. The molecular formula is C25H32O4. The SMILES string of the molecule is C/C=C(\CCC)C[C@@]1(COc2ccc3ccc(=O)oc3c2)CCC(=O)[C@H](CC)C1. The van der Waals surface area contributed by atoms with Gasteiger partial charge in [-0.15, -0.1) is 0 Å². The van der Waals surface area contributed by atoms with E-state index in [1.165, 1.54) is 11.6 Å². The van der Waals surface area contributed by atoms with Gasteiger partial charge in [0.15, 0.2) is 0 Å². The molecule has 29 heavy (non-hydrogen) atoms. The van der Waals surface area contributed by atoms with E-state index in [2.05, 4.69) is 26.8 Å². The van der Waals surface area contributed by atoms with Crippen molar-refractivity contribution in [2.45, 2.75) is 65.7 Å². The minimum atomic E-state index is -0.361. The third-order valence-electron chi connectivity index (χ3n) is 6.25. The molecule has 4 nitrogen and oxygen atoms in total. The highest BCUT2D eigenvalue weighted by Crippen LogP contribution is 2.44. The lowest BCUT2D eigenvalue weighted by Gasteiger charge is -2.40. The molecule has 4 heteroatoms. The van der Waals surface area contributed by atoms with E-state index in [9.17, 15) is 9.59 Å². The molecule has 0 aliphatic heterocycles. The van der Waals surface area contributed by atoms with Crippen LogP contribution in [0.5, 0.6) is 5.75 Å². The van der Waals surface area contributed by atoms with Crippen LogP contribution in [0.2, 0.25) is 0 Å². The van der Waals surface area contributed by atoms with Crippen molar-refractivity contribution in [1.82, 2.24) is 0 Å². The number of allylic oxidation sites excluding steroid dienone is 2. The number of carbonyl (C=O) groups excluding carboxylic acids is 1. The third-order valence-corrected chi connectivity index (χ3v) is 6.25. The second-order valence-corrected chi connectivity index (χ2v) is 8.39. The Morgan fingerprint density at radius 1 is 1.24 bits per heavy atom. The van der Waals surface area contributed by atoms with E-state index in [0.29, 0.717) is 30.1 Å². The first-order valence-electron chi connectivity index (χ1n) is 10.8. The van der Waals surface area contributed by atoms with Crippen molar-refractivity contribution in [3.05, 3.63) is 52.4 Å². The Hall–Kier alpha value is -2.36. The average Bonchev–Trinajstić information content (AvgIpc) is 2.73. The molecule has 0 amide bonds. The maximum Gasteiger partial charge on any atom is 0.336 e. The van der Waals surface area contributed by atoms with Crippen LogP contribution >= 0.6 is 0 Å². The van der Waals surface area contributed by atoms with Gasteiger partial charge in [0.25, 0.3) is 0 Å². The average molecular weight is 397 g/mol. The Labute approximate surface area is 172 Å². The predicted molar refractivity (Wildman–Crippen MR) is 116 cm³/mol. The Balaban J connectivity index is 1.82. The number of ether oxygens (including phenoxy) is 1. The van der Waals surface area contributed by atoms with Gasteiger partial charge in [0, 0.05) is 35.3 Å². The number of Topliss-reactive ketones (excluding diaryl/α,β-unsaturated/α-hetero) is 1. The number of fused-ring (bicyclic) bond motifs is 1. The van der Waals surface area contributed by atoms with Crippen LogP contribution in [0, 0.1) is 11.3 Å². The molecule has 0 spiro atoms. The van der Waals surface area contributed by atoms with Gasteiger partial charge in [-0.3, -0.25) is 4.79 Å². The van der Waals surface area contributed by atoms with E-state index >= 15 is 0 Å². The van der Waals surface area contributed by atoms with Gasteiger partial charge < -0.3 is 9.15 Å². The molecule has 0 saturated heterocycles. The van der Waals surface area contributed by atoms with Crippen molar-refractivity contribution in [1.29, 1.82) is 0 Å². The number of ketones is 1. The molecule has 1 aromatic heterocycles. The number of hydrogen-bond donors (Lipinski definition) is 0. The third kappa shape index (κ3) is 5.17. The lowest BCUT2D eigenvalue weighted by molar-refractivity contribution is -0.128. The number of carbonyl (C=O) groups is 1. The smallest absolute Gasteiger partial charge is 0.336 e. The second kappa shape index (κ2) is 9.43. The van der Waals surface area contributed by atoms with E-state index in [-0.39, 0.29) is 17.0 Å². The summed E-state index contributed by atoms with van der Waals surface area (Å²) in [6.07, 6.45) is 8.69. The Bertz CT molecular complexity index is 939. The topological polar surface area (TPSA) is 56.5 Å². The zero-order valence-electron chi connectivity index (χ0n) is 17.8. The fourth-order valence-corrected chi connectivity index (χ4v) is 4.55. The molecule has 0 unspecified atom stereocenters. The van der Waals surface area contributed by atoms with Crippen LogP contribution in [-0.2, 0) is 4.79 Å². The largest absolute Gasteiger partial charge is 0.493 e. The number of hydrogen-bond acceptors (Lipinski definition) is 4. The molecule has 1 aromatic carbocycles. The molecule has 1 fully saturated rings. The van der Waals surface area contributed by atoms with Gasteiger partial charge >= 0.3 is 5.63 Å². The van der Waals surface area contributed by atoms with E-state index in [1.54, 1.807) is 12.1 Å². The van der Waals surface area contributed by atoms with Crippen LogP contribution in [0.1, 0.15) is 65.7 Å². The fraction of sp³-hybridized carbons (Fsp3) is 0.520. The van der Waals surface area contributed by atoms with Crippen LogP contribution in [0.3, 0.4) is 0 Å². The minimum Gasteiger partial charge on any atom is -0.493 e. The van der Waals surface area contributed by atoms with Gasteiger partial charge in [-0.2, -0.15) is 0 Å². The van der Waals surface area contributed by atoms with Crippen molar-refractivity contribution in [3.63, 3.8) is 0 Å². The summed E-state index contributed by atoms with van der Waals surface area (Å²) in [6, 6.07) is 8.80. The molecule has 1 saturated carbocycles. The van der Waals surface area contributed by atoms with E-state index in [4.69, 9.17) is 9.15 Å². The highest BCUT2D eigenvalue weighted by atomic mass is 16.5. The molecule has 2 aromatic rings. The quantitative estimate of drug-likeness (QED) is 0.401. The first-order chi connectivity index (χ1) is 14.0. The van der Waals surface area contributed by atoms with Gasteiger partial charge in [-0.05, 0) is 57.2 Å². The van der Waals surface area contributed by atoms with Crippen molar-refractivity contribution in [2.24, 2.45) is 11.3 Å². The minimum absolute atomic E-state index is 0.0297. The maximum atomic E-state index is 12.3. The highest BCUT2D eigenvalue weighted by Gasteiger charge is 2.40. The summed E-state index contributed by atoms with van der Waals surface area (Å²) >= 11 is 0. The molecule has 0 N–H and O–H groups in total. The van der Waals surface area contributed by atoms with Crippen molar-refractivity contribution >= 4 is 16.8 Å². The molecule has 0 radical (unpaired) electrons. The molecular weight excluding hydrogens is 364 g/mol. The van der Waals surface area contributed by atoms with Crippen LogP contribution in [-0.4, -0.2) is 12.4 Å². The maximum absolute atomic E-state index is 12.3. The molecule has 1 aliphatic rings. The normalized spacial score (nSPS) is 22.8. The Morgan fingerprint density at radius 2 is 2.03 bits per heavy atom. The van der Waals surface area contributed by atoms with Gasteiger partial charge in [0.05, 0.1) is 6.61 Å². The van der Waals surface area contributed by atoms with Crippen LogP contribution in [0.15, 0.2) is 51.2 Å².